The Morgan fingerprint density at radius 3 is 2.50 bits per heavy atom. The van der Waals surface area contributed by atoms with Crippen LogP contribution in [-0.2, 0) is 4.79 Å². The van der Waals surface area contributed by atoms with Crippen LogP contribution in [0.15, 0.2) is 41.3 Å². The van der Waals surface area contributed by atoms with E-state index in [9.17, 15) is 9.59 Å². The number of halogens is 2. The number of carbonyl (C=O) groups is 2. The number of hydrogen-bond donors (Lipinski definition) is 0. The minimum Gasteiger partial charge on any atom is -0.268 e. The lowest BCUT2D eigenvalue weighted by molar-refractivity contribution is -0.113. The maximum absolute atomic E-state index is 12.7. The second kappa shape index (κ2) is 6.63. The van der Waals surface area contributed by atoms with E-state index in [4.69, 9.17) is 23.2 Å². The predicted molar refractivity (Wildman–Crippen MR) is 101 cm³/mol. The maximum Gasteiger partial charge on any atom is 0.298 e. The summed E-state index contributed by atoms with van der Waals surface area (Å²) in [4.78, 5) is 26.6. The molecule has 2 aromatic rings. The lowest BCUT2D eigenvalue weighted by Gasteiger charge is -2.16. The number of aryl methyl sites for hydroxylation is 2. The molecule has 0 aromatic heterocycles. The highest BCUT2D eigenvalue weighted by Crippen LogP contribution is 2.38. The van der Waals surface area contributed by atoms with Crippen molar-refractivity contribution >= 4 is 57.9 Å². The Balaban J connectivity index is 2.00. The highest BCUT2D eigenvalue weighted by molar-refractivity contribution is 8.19. The zero-order chi connectivity index (χ0) is 17.4. The summed E-state index contributed by atoms with van der Waals surface area (Å²) in [6.45, 7) is 3.79. The van der Waals surface area contributed by atoms with E-state index in [2.05, 4.69) is 0 Å². The second-order valence-corrected chi connectivity index (χ2v) is 7.31. The van der Waals surface area contributed by atoms with Gasteiger partial charge in [0.15, 0.2) is 0 Å². The monoisotopic (exact) mass is 377 g/mol. The summed E-state index contributed by atoms with van der Waals surface area (Å²) in [5.74, 6) is -0.343. The highest BCUT2D eigenvalue weighted by atomic mass is 35.5. The molecule has 1 heterocycles. The van der Waals surface area contributed by atoms with Crippen molar-refractivity contribution in [3.63, 3.8) is 0 Å². The largest absolute Gasteiger partial charge is 0.298 e. The van der Waals surface area contributed by atoms with E-state index in [-0.39, 0.29) is 11.1 Å². The fraction of sp³-hybridized carbons (Fsp3) is 0.111. The topological polar surface area (TPSA) is 37.4 Å². The van der Waals surface area contributed by atoms with E-state index >= 15 is 0 Å². The number of carbonyl (C=O) groups excluding carboxylic acids is 2. The van der Waals surface area contributed by atoms with Gasteiger partial charge in [0.1, 0.15) is 0 Å². The number of imide groups is 1. The van der Waals surface area contributed by atoms with Crippen LogP contribution in [0.3, 0.4) is 0 Å². The molecule has 0 N–H and O–H groups in total. The van der Waals surface area contributed by atoms with Gasteiger partial charge in [-0.1, -0.05) is 41.4 Å². The molecule has 2 aromatic carbocycles. The molecule has 0 bridgehead atoms. The molecule has 1 fully saturated rings. The summed E-state index contributed by atoms with van der Waals surface area (Å²) in [5.41, 5.74) is 3.11. The molecule has 0 aliphatic carbocycles. The summed E-state index contributed by atoms with van der Waals surface area (Å²) < 4.78 is 0. The molecule has 1 saturated heterocycles. The van der Waals surface area contributed by atoms with Crippen molar-refractivity contribution in [3.05, 3.63) is 68.0 Å². The van der Waals surface area contributed by atoms with Crippen molar-refractivity contribution in [2.24, 2.45) is 0 Å². The smallest absolute Gasteiger partial charge is 0.268 e. The average molecular weight is 378 g/mol. The molecule has 3 nitrogen and oxygen atoms in total. The zero-order valence-corrected chi connectivity index (χ0v) is 15.3. The zero-order valence-electron chi connectivity index (χ0n) is 13.0. The number of amides is 2. The molecule has 122 valence electrons. The Morgan fingerprint density at radius 1 is 1.04 bits per heavy atom. The minimum absolute atomic E-state index is 0.315. The second-order valence-electron chi connectivity index (χ2n) is 5.47. The normalized spacial score (nSPS) is 16.3. The van der Waals surface area contributed by atoms with Gasteiger partial charge in [0.05, 0.1) is 10.6 Å². The van der Waals surface area contributed by atoms with E-state index in [0.717, 1.165) is 22.9 Å². The van der Waals surface area contributed by atoms with Gasteiger partial charge >= 0.3 is 0 Å². The van der Waals surface area contributed by atoms with Crippen molar-refractivity contribution in [3.8, 4) is 0 Å². The first-order valence-corrected chi connectivity index (χ1v) is 8.74. The lowest BCUT2D eigenvalue weighted by Crippen LogP contribution is -2.28. The summed E-state index contributed by atoms with van der Waals surface area (Å²) in [7, 11) is 0. The molecule has 6 heteroatoms. The van der Waals surface area contributed by atoms with Crippen molar-refractivity contribution < 1.29 is 9.59 Å². The maximum atomic E-state index is 12.7. The van der Waals surface area contributed by atoms with E-state index in [1.54, 1.807) is 24.3 Å². The Labute approximate surface area is 154 Å². The van der Waals surface area contributed by atoms with E-state index < -0.39 is 0 Å². The number of thioether (sulfide) groups is 1. The average Bonchev–Trinajstić information content (AvgIpc) is 2.79. The van der Waals surface area contributed by atoms with Crippen LogP contribution in [0.4, 0.5) is 10.5 Å². The van der Waals surface area contributed by atoms with E-state index in [1.165, 1.54) is 4.90 Å². The van der Waals surface area contributed by atoms with Crippen molar-refractivity contribution in [1.29, 1.82) is 0 Å². The summed E-state index contributed by atoms with van der Waals surface area (Å²) in [6, 6.07) is 10.7. The fourth-order valence-corrected chi connectivity index (χ4v) is 3.68. The standard InChI is InChI=1S/C18H13Cl2NO2S/c1-10-3-4-11(2)15(7-10)21-17(22)16(24-18(21)23)8-12-5-6-13(19)9-14(12)20/h3-9H,1-2H3/b16-8-. The summed E-state index contributed by atoms with van der Waals surface area (Å²) in [6.07, 6.45) is 1.62. The molecular weight excluding hydrogens is 365 g/mol. The van der Waals surface area contributed by atoms with Crippen molar-refractivity contribution in [1.82, 2.24) is 0 Å². The van der Waals surface area contributed by atoms with Crippen LogP contribution in [0, 0.1) is 13.8 Å². The first-order valence-electron chi connectivity index (χ1n) is 7.17. The van der Waals surface area contributed by atoms with Crippen LogP contribution in [0.25, 0.3) is 6.08 Å². The molecule has 3 rings (SSSR count). The summed E-state index contributed by atoms with van der Waals surface area (Å²) in [5, 5.41) is 0.631. The van der Waals surface area contributed by atoms with Crippen LogP contribution >= 0.6 is 35.0 Å². The lowest BCUT2D eigenvalue weighted by atomic mass is 10.1. The Kier molecular flexibility index (Phi) is 4.72. The molecule has 0 saturated carbocycles. The molecule has 0 radical (unpaired) electrons. The number of benzene rings is 2. The van der Waals surface area contributed by atoms with Gasteiger partial charge in [-0.15, -0.1) is 0 Å². The van der Waals surface area contributed by atoms with Crippen LogP contribution < -0.4 is 4.90 Å². The van der Waals surface area contributed by atoms with Crippen LogP contribution in [0.1, 0.15) is 16.7 Å². The number of nitrogens with zero attached hydrogens (tertiary/aromatic N) is 1. The number of rotatable bonds is 2. The fourth-order valence-electron chi connectivity index (χ4n) is 2.40. The molecule has 1 aliphatic rings. The van der Waals surface area contributed by atoms with Gasteiger partial charge in [-0.25, -0.2) is 4.90 Å². The van der Waals surface area contributed by atoms with Gasteiger partial charge in [-0.05, 0) is 66.6 Å². The van der Waals surface area contributed by atoms with E-state index in [1.807, 2.05) is 32.0 Å². The number of anilines is 1. The molecule has 0 atom stereocenters. The predicted octanol–water partition coefficient (Wildman–Crippen LogP) is 5.85. The SMILES string of the molecule is Cc1ccc(C)c(N2C(=O)S/C(=C\c3ccc(Cl)cc3Cl)C2=O)c1. The van der Waals surface area contributed by atoms with Gasteiger partial charge in [-0.3, -0.25) is 9.59 Å². The molecular formula is C18H13Cl2NO2S. The van der Waals surface area contributed by atoms with Crippen LogP contribution in [0.2, 0.25) is 10.0 Å². The van der Waals surface area contributed by atoms with Gasteiger partial charge in [0.2, 0.25) is 0 Å². The Morgan fingerprint density at radius 2 is 1.79 bits per heavy atom. The van der Waals surface area contributed by atoms with Gasteiger partial charge in [-0.2, -0.15) is 0 Å². The molecule has 0 spiro atoms. The molecule has 2 amide bonds. The van der Waals surface area contributed by atoms with Crippen molar-refractivity contribution in [2.45, 2.75) is 13.8 Å². The van der Waals surface area contributed by atoms with Crippen molar-refractivity contribution in [2.75, 3.05) is 4.90 Å². The third kappa shape index (κ3) is 3.22. The Bertz CT molecular complexity index is 893. The first kappa shape index (κ1) is 17.1. The molecule has 1 aliphatic heterocycles. The number of hydrogen-bond acceptors (Lipinski definition) is 3. The quantitative estimate of drug-likeness (QED) is 0.615. The highest BCUT2D eigenvalue weighted by Gasteiger charge is 2.37. The molecule has 24 heavy (non-hydrogen) atoms. The minimum atomic E-state index is -0.343. The Hall–Kier alpha value is -1.75. The van der Waals surface area contributed by atoms with Gasteiger partial charge in [0.25, 0.3) is 11.1 Å². The third-order valence-corrected chi connectivity index (χ3v) is 5.08. The van der Waals surface area contributed by atoms with E-state index in [0.29, 0.717) is 26.2 Å². The first-order chi connectivity index (χ1) is 11.4. The molecule has 0 unspecified atom stereocenters. The van der Waals surface area contributed by atoms with Crippen LogP contribution in [-0.4, -0.2) is 11.1 Å². The summed E-state index contributed by atoms with van der Waals surface area (Å²) >= 11 is 12.9. The van der Waals surface area contributed by atoms with Gasteiger partial charge < -0.3 is 0 Å². The van der Waals surface area contributed by atoms with Crippen LogP contribution in [0.5, 0.6) is 0 Å². The van der Waals surface area contributed by atoms with Gasteiger partial charge in [0, 0.05) is 10.0 Å². The third-order valence-electron chi connectivity index (χ3n) is 3.65.